The molecule has 1 aromatic heterocycles. The monoisotopic (exact) mass is 399 g/mol. The van der Waals surface area contributed by atoms with Gasteiger partial charge < -0.3 is 14.0 Å². The normalized spacial score (nSPS) is 17.0. The predicted molar refractivity (Wildman–Crippen MR) is 107 cm³/mol. The Labute approximate surface area is 169 Å². The summed E-state index contributed by atoms with van der Waals surface area (Å²) in [6.45, 7) is 1.53. The van der Waals surface area contributed by atoms with Crippen molar-refractivity contribution < 1.29 is 14.0 Å². The number of halogens is 1. The number of hydrogen-bond acceptors (Lipinski definition) is 6. The second-order valence-corrected chi connectivity index (χ2v) is 7.14. The summed E-state index contributed by atoms with van der Waals surface area (Å²) in [6, 6.07) is 13.6. The number of ether oxygens (including phenoxy) is 2. The number of aromatic nitrogens is 2. The first-order valence-corrected chi connectivity index (χ1v) is 9.61. The van der Waals surface area contributed by atoms with Crippen LogP contribution in [0.2, 0.25) is 5.02 Å². The number of rotatable bonds is 6. The summed E-state index contributed by atoms with van der Waals surface area (Å²) in [4.78, 5) is 6.88. The second-order valence-electron chi connectivity index (χ2n) is 6.73. The van der Waals surface area contributed by atoms with Crippen molar-refractivity contribution in [2.45, 2.75) is 25.4 Å². The van der Waals surface area contributed by atoms with Crippen molar-refractivity contribution in [1.29, 1.82) is 0 Å². The van der Waals surface area contributed by atoms with Crippen LogP contribution in [0.1, 0.15) is 30.3 Å². The van der Waals surface area contributed by atoms with Gasteiger partial charge in [0.15, 0.2) is 0 Å². The molecule has 2 heterocycles. The van der Waals surface area contributed by atoms with E-state index in [1.165, 1.54) is 0 Å². The molecule has 6 nitrogen and oxygen atoms in total. The Bertz CT molecular complexity index is 960. The second kappa shape index (κ2) is 8.20. The molecule has 1 fully saturated rings. The highest BCUT2D eigenvalue weighted by molar-refractivity contribution is 6.33. The third-order valence-electron chi connectivity index (χ3n) is 5.08. The summed E-state index contributed by atoms with van der Waals surface area (Å²) in [5.74, 6) is 2.76. The lowest BCUT2D eigenvalue weighted by atomic mass is 10.0. The SMILES string of the molecule is COc1ccc(OC)c(C2CCCN2Cc2nc(-c3ccccc3Cl)no2)c1. The summed E-state index contributed by atoms with van der Waals surface area (Å²) < 4.78 is 16.5. The van der Waals surface area contributed by atoms with Gasteiger partial charge in [0.2, 0.25) is 11.7 Å². The fourth-order valence-electron chi connectivity index (χ4n) is 3.71. The van der Waals surface area contributed by atoms with E-state index in [1.54, 1.807) is 14.2 Å². The van der Waals surface area contributed by atoms with Crippen LogP contribution in [0.4, 0.5) is 0 Å². The van der Waals surface area contributed by atoms with Gasteiger partial charge in [-0.15, -0.1) is 0 Å². The minimum atomic E-state index is 0.209. The van der Waals surface area contributed by atoms with E-state index >= 15 is 0 Å². The molecule has 0 bridgehead atoms. The van der Waals surface area contributed by atoms with E-state index in [9.17, 15) is 0 Å². The first-order chi connectivity index (χ1) is 13.7. The highest BCUT2D eigenvalue weighted by atomic mass is 35.5. The molecular weight excluding hydrogens is 378 g/mol. The molecule has 2 aromatic carbocycles. The quantitative estimate of drug-likeness (QED) is 0.596. The molecule has 146 valence electrons. The number of hydrogen-bond donors (Lipinski definition) is 0. The molecular formula is C21H22ClN3O3. The maximum Gasteiger partial charge on any atom is 0.241 e. The third kappa shape index (κ3) is 3.70. The number of methoxy groups -OCH3 is 2. The average molecular weight is 400 g/mol. The van der Waals surface area contributed by atoms with E-state index in [-0.39, 0.29) is 6.04 Å². The summed E-state index contributed by atoms with van der Waals surface area (Å²) in [5.41, 5.74) is 1.89. The van der Waals surface area contributed by atoms with Crippen LogP contribution in [0.3, 0.4) is 0 Å². The number of nitrogens with zero attached hydrogens (tertiary/aromatic N) is 3. The molecule has 28 heavy (non-hydrogen) atoms. The molecule has 1 atom stereocenters. The van der Waals surface area contributed by atoms with Crippen LogP contribution < -0.4 is 9.47 Å². The molecule has 0 amide bonds. The van der Waals surface area contributed by atoms with Crippen molar-refractivity contribution in [1.82, 2.24) is 15.0 Å². The molecule has 7 heteroatoms. The molecule has 1 aliphatic heterocycles. The van der Waals surface area contributed by atoms with Crippen molar-refractivity contribution >= 4 is 11.6 Å². The molecule has 0 aliphatic carbocycles. The van der Waals surface area contributed by atoms with Gasteiger partial charge in [-0.05, 0) is 49.7 Å². The summed E-state index contributed by atoms with van der Waals surface area (Å²) in [7, 11) is 3.37. The van der Waals surface area contributed by atoms with Crippen molar-refractivity contribution in [3.8, 4) is 22.9 Å². The van der Waals surface area contributed by atoms with Gasteiger partial charge in [-0.25, -0.2) is 0 Å². The number of likely N-dealkylation sites (tertiary alicyclic amines) is 1. The molecule has 0 radical (unpaired) electrons. The minimum Gasteiger partial charge on any atom is -0.497 e. The van der Waals surface area contributed by atoms with E-state index in [4.69, 9.17) is 25.6 Å². The fourth-order valence-corrected chi connectivity index (χ4v) is 3.93. The lowest BCUT2D eigenvalue weighted by Crippen LogP contribution is -2.23. The van der Waals surface area contributed by atoms with Crippen LogP contribution >= 0.6 is 11.6 Å². The van der Waals surface area contributed by atoms with Crippen LogP contribution in [0, 0.1) is 0 Å². The molecule has 1 saturated heterocycles. The Hall–Kier alpha value is -2.57. The van der Waals surface area contributed by atoms with Crippen molar-refractivity contribution in [3.63, 3.8) is 0 Å². The highest BCUT2D eigenvalue weighted by Crippen LogP contribution is 2.39. The lowest BCUT2D eigenvalue weighted by Gasteiger charge is -2.25. The fraction of sp³-hybridized carbons (Fsp3) is 0.333. The molecule has 0 spiro atoms. The largest absolute Gasteiger partial charge is 0.497 e. The van der Waals surface area contributed by atoms with E-state index in [0.717, 1.165) is 42.0 Å². The van der Waals surface area contributed by atoms with Gasteiger partial charge >= 0.3 is 0 Å². The molecule has 1 aliphatic rings. The maximum atomic E-state index is 6.25. The summed E-state index contributed by atoms with van der Waals surface area (Å²) in [6.07, 6.45) is 2.13. The van der Waals surface area contributed by atoms with Crippen LogP contribution in [0.15, 0.2) is 47.0 Å². The van der Waals surface area contributed by atoms with Crippen molar-refractivity contribution in [2.75, 3.05) is 20.8 Å². The van der Waals surface area contributed by atoms with E-state index in [0.29, 0.717) is 23.3 Å². The average Bonchev–Trinajstić information content (AvgIpc) is 3.38. The highest BCUT2D eigenvalue weighted by Gasteiger charge is 2.30. The first-order valence-electron chi connectivity index (χ1n) is 9.23. The van der Waals surface area contributed by atoms with Crippen LogP contribution in [0.25, 0.3) is 11.4 Å². The molecule has 0 N–H and O–H groups in total. The van der Waals surface area contributed by atoms with Crippen molar-refractivity contribution in [3.05, 3.63) is 58.9 Å². The Morgan fingerprint density at radius 3 is 2.82 bits per heavy atom. The van der Waals surface area contributed by atoms with Gasteiger partial charge in [0, 0.05) is 17.2 Å². The van der Waals surface area contributed by atoms with E-state index in [1.807, 2.05) is 42.5 Å². The van der Waals surface area contributed by atoms with Crippen LogP contribution in [0.5, 0.6) is 11.5 Å². The minimum absolute atomic E-state index is 0.209. The Morgan fingerprint density at radius 2 is 2.04 bits per heavy atom. The zero-order valence-electron chi connectivity index (χ0n) is 15.9. The van der Waals surface area contributed by atoms with Gasteiger partial charge in [0.25, 0.3) is 0 Å². The molecule has 4 rings (SSSR count). The Morgan fingerprint density at radius 1 is 1.18 bits per heavy atom. The summed E-state index contributed by atoms with van der Waals surface area (Å²) in [5, 5.41) is 4.71. The summed E-state index contributed by atoms with van der Waals surface area (Å²) >= 11 is 6.25. The zero-order valence-corrected chi connectivity index (χ0v) is 16.6. The van der Waals surface area contributed by atoms with Gasteiger partial charge in [0.05, 0.1) is 25.8 Å². The smallest absolute Gasteiger partial charge is 0.241 e. The van der Waals surface area contributed by atoms with Gasteiger partial charge in [0.1, 0.15) is 11.5 Å². The number of benzene rings is 2. The van der Waals surface area contributed by atoms with Crippen molar-refractivity contribution in [2.24, 2.45) is 0 Å². The van der Waals surface area contributed by atoms with Crippen LogP contribution in [-0.2, 0) is 6.54 Å². The maximum absolute atomic E-state index is 6.25. The first kappa shape index (κ1) is 18.8. The Kier molecular flexibility index (Phi) is 5.50. The molecule has 3 aromatic rings. The molecule has 1 unspecified atom stereocenters. The predicted octanol–water partition coefficient (Wildman–Crippen LogP) is 4.74. The van der Waals surface area contributed by atoms with Gasteiger partial charge in [-0.1, -0.05) is 28.9 Å². The van der Waals surface area contributed by atoms with Crippen LogP contribution in [-0.4, -0.2) is 35.8 Å². The zero-order chi connectivity index (χ0) is 19.5. The third-order valence-corrected chi connectivity index (χ3v) is 5.41. The topological polar surface area (TPSA) is 60.6 Å². The van der Waals surface area contributed by atoms with Gasteiger partial charge in [-0.2, -0.15) is 4.98 Å². The molecule has 0 saturated carbocycles. The standard InChI is InChI=1S/C21H22ClN3O3/c1-26-14-9-10-19(27-2)16(12-14)18-8-5-11-25(18)13-20-23-21(24-28-20)15-6-3-4-7-17(15)22/h3-4,6-7,9-10,12,18H,5,8,11,13H2,1-2H3. The lowest BCUT2D eigenvalue weighted by molar-refractivity contribution is 0.209. The van der Waals surface area contributed by atoms with Gasteiger partial charge in [-0.3, -0.25) is 4.90 Å². The van der Waals surface area contributed by atoms with E-state index < -0.39 is 0 Å². The Balaban J connectivity index is 1.57. The van der Waals surface area contributed by atoms with E-state index in [2.05, 4.69) is 15.0 Å².